The summed E-state index contributed by atoms with van der Waals surface area (Å²) in [6, 6.07) is 0.580. The summed E-state index contributed by atoms with van der Waals surface area (Å²) in [6.07, 6.45) is 2.93. The first-order valence-corrected chi connectivity index (χ1v) is 7.15. The number of aryl methyl sites for hydroxylation is 1. The number of aromatic nitrogens is 2. The van der Waals surface area contributed by atoms with E-state index in [1.807, 2.05) is 18.8 Å². The Bertz CT molecular complexity index is 400. The van der Waals surface area contributed by atoms with Crippen LogP contribution in [0, 0.1) is 0 Å². The Labute approximate surface area is 120 Å². The Morgan fingerprint density at radius 1 is 1.37 bits per heavy atom. The second kappa shape index (κ2) is 6.22. The van der Waals surface area contributed by atoms with Crippen LogP contribution in [0.2, 0.25) is 5.02 Å². The second-order valence-corrected chi connectivity index (χ2v) is 5.84. The molecule has 2 rings (SSSR count). The van der Waals surface area contributed by atoms with Gasteiger partial charge in [-0.15, -0.1) is 0 Å². The van der Waals surface area contributed by atoms with E-state index in [-0.39, 0.29) is 6.04 Å². The van der Waals surface area contributed by atoms with Crippen LogP contribution in [0.25, 0.3) is 0 Å². The third-order valence-corrected chi connectivity index (χ3v) is 4.33. The molecule has 1 aromatic rings. The molecule has 1 aliphatic heterocycles. The standard InChI is InChI=1S/C13H24ClN5/c1-15-12(13-10(14)8-16-19(13)4)11-9-17(2)6-5-7-18(11)3/h8,11-12,15H,5-7,9H2,1-4H3. The van der Waals surface area contributed by atoms with Gasteiger partial charge in [0.1, 0.15) is 0 Å². The summed E-state index contributed by atoms with van der Waals surface area (Å²) in [7, 11) is 8.32. The van der Waals surface area contributed by atoms with Crippen molar-refractivity contribution in [3.05, 3.63) is 16.9 Å². The van der Waals surface area contributed by atoms with Gasteiger partial charge in [-0.05, 0) is 40.7 Å². The third kappa shape index (κ3) is 3.11. The molecule has 19 heavy (non-hydrogen) atoms. The number of hydrogen-bond acceptors (Lipinski definition) is 4. The van der Waals surface area contributed by atoms with Gasteiger partial charge in [0.15, 0.2) is 0 Å². The van der Waals surface area contributed by atoms with Crippen molar-refractivity contribution in [1.29, 1.82) is 0 Å². The zero-order valence-electron chi connectivity index (χ0n) is 12.2. The number of nitrogens with zero attached hydrogens (tertiary/aromatic N) is 4. The molecule has 2 atom stereocenters. The van der Waals surface area contributed by atoms with Gasteiger partial charge < -0.3 is 15.1 Å². The summed E-state index contributed by atoms with van der Waals surface area (Å²) < 4.78 is 1.88. The highest BCUT2D eigenvalue weighted by molar-refractivity contribution is 6.31. The van der Waals surface area contributed by atoms with E-state index < -0.39 is 0 Å². The van der Waals surface area contributed by atoms with Crippen LogP contribution in [0.5, 0.6) is 0 Å². The van der Waals surface area contributed by atoms with Crippen LogP contribution in [0.4, 0.5) is 0 Å². The zero-order valence-corrected chi connectivity index (χ0v) is 13.0. The van der Waals surface area contributed by atoms with Gasteiger partial charge in [0.2, 0.25) is 0 Å². The van der Waals surface area contributed by atoms with Crippen LogP contribution in [0.3, 0.4) is 0 Å². The molecule has 0 aliphatic carbocycles. The minimum absolute atomic E-state index is 0.186. The fraction of sp³-hybridized carbons (Fsp3) is 0.769. The fourth-order valence-electron chi connectivity index (χ4n) is 2.95. The highest BCUT2D eigenvalue weighted by atomic mass is 35.5. The van der Waals surface area contributed by atoms with E-state index in [4.69, 9.17) is 11.6 Å². The van der Waals surface area contributed by atoms with E-state index >= 15 is 0 Å². The molecule has 0 bridgehead atoms. The van der Waals surface area contributed by atoms with Gasteiger partial charge in [-0.1, -0.05) is 11.6 Å². The highest BCUT2D eigenvalue weighted by Crippen LogP contribution is 2.27. The number of likely N-dealkylation sites (N-methyl/N-ethyl adjacent to an activating group) is 3. The largest absolute Gasteiger partial charge is 0.310 e. The zero-order chi connectivity index (χ0) is 14.0. The molecule has 0 aromatic carbocycles. The minimum Gasteiger partial charge on any atom is -0.310 e. The number of halogens is 1. The normalized spacial score (nSPS) is 24.4. The van der Waals surface area contributed by atoms with Gasteiger partial charge in [-0.2, -0.15) is 5.10 Å². The highest BCUT2D eigenvalue weighted by Gasteiger charge is 2.31. The van der Waals surface area contributed by atoms with E-state index in [9.17, 15) is 0 Å². The van der Waals surface area contributed by atoms with Gasteiger partial charge in [0, 0.05) is 19.6 Å². The van der Waals surface area contributed by atoms with Gasteiger partial charge in [0.05, 0.1) is 23.0 Å². The molecule has 1 aliphatic rings. The van der Waals surface area contributed by atoms with Crippen LogP contribution < -0.4 is 5.32 Å². The lowest BCUT2D eigenvalue weighted by molar-refractivity contribution is 0.178. The molecule has 0 spiro atoms. The van der Waals surface area contributed by atoms with E-state index in [2.05, 4.69) is 34.3 Å². The lowest BCUT2D eigenvalue weighted by atomic mass is 10.0. The Hall–Kier alpha value is -0.620. The summed E-state index contributed by atoms with van der Waals surface area (Å²) in [4.78, 5) is 4.82. The molecule has 5 nitrogen and oxygen atoms in total. The first-order chi connectivity index (χ1) is 9.04. The van der Waals surface area contributed by atoms with Crippen molar-refractivity contribution < 1.29 is 0 Å². The smallest absolute Gasteiger partial charge is 0.0834 e. The van der Waals surface area contributed by atoms with Crippen LogP contribution in [-0.4, -0.2) is 66.4 Å². The van der Waals surface area contributed by atoms with Crippen molar-refractivity contribution in [1.82, 2.24) is 24.9 Å². The average molecular weight is 286 g/mol. The van der Waals surface area contributed by atoms with E-state index in [0.29, 0.717) is 6.04 Å². The first kappa shape index (κ1) is 14.8. The maximum absolute atomic E-state index is 6.31. The summed E-state index contributed by atoms with van der Waals surface area (Å²) in [5.74, 6) is 0. The van der Waals surface area contributed by atoms with Gasteiger partial charge in [-0.25, -0.2) is 0 Å². The molecular formula is C13H24ClN5. The Morgan fingerprint density at radius 2 is 2.11 bits per heavy atom. The van der Waals surface area contributed by atoms with Gasteiger partial charge in [0.25, 0.3) is 0 Å². The van der Waals surface area contributed by atoms with Gasteiger partial charge in [-0.3, -0.25) is 4.68 Å². The Balaban J connectivity index is 2.29. The molecule has 0 saturated carbocycles. The quantitative estimate of drug-likeness (QED) is 0.898. The lowest BCUT2D eigenvalue weighted by Gasteiger charge is -2.34. The maximum Gasteiger partial charge on any atom is 0.0834 e. The molecule has 1 saturated heterocycles. The van der Waals surface area contributed by atoms with Crippen molar-refractivity contribution in [2.45, 2.75) is 18.5 Å². The summed E-state index contributed by atoms with van der Waals surface area (Å²) in [5, 5.41) is 8.42. The minimum atomic E-state index is 0.186. The van der Waals surface area contributed by atoms with E-state index in [1.54, 1.807) is 6.20 Å². The van der Waals surface area contributed by atoms with Crippen molar-refractivity contribution in [3.63, 3.8) is 0 Å². The average Bonchev–Trinajstić information content (AvgIpc) is 2.60. The molecule has 2 heterocycles. The van der Waals surface area contributed by atoms with Crippen LogP contribution in [-0.2, 0) is 7.05 Å². The number of nitrogens with one attached hydrogen (secondary N) is 1. The molecule has 108 valence electrons. The maximum atomic E-state index is 6.31. The monoisotopic (exact) mass is 285 g/mol. The predicted octanol–water partition coefficient (Wildman–Crippen LogP) is 0.970. The predicted molar refractivity (Wildman–Crippen MR) is 78.6 cm³/mol. The topological polar surface area (TPSA) is 36.3 Å². The summed E-state index contributed by atoms with van der Waals surface area (Å²) >= 11 is 6.31. The van der Waals surface area contributed by atoms with Crippen LogP contribution in [0.15, 0.2) is 6.20 Å². The summed E-state index contributed by atoms with van der Waals surface area (Å²) in [5.41, 5.74) is 1.07. The van der Waals surface area contributed by atoms with E-state index in [1.165, 1.54) is 6.42 Å². The Kier molecular flexibility index (Phi) is 4.84. The molecule has 1 aromatic heterocycles. The SMILES string of the molecule is CNC(c1c(Cl)cnn1C)C1CN(C)CCCN1C. The molecule has 6 heteroatoms. The summed E-state index contributed by atoms with van der Waals surface area (Å²) in [6.45, 7) is 3.29. The first-order valence-electron chi connectivity index (χ1n) is 6.78. The Morgan fingerprint density at radius 3 is 2.68 bits per heavy atom. The third-order valence-electron chi connectivity index (χ3n) is 4.04. The van der Waals surface area contributed by atoms with Crippen molar-refractivity contribution in [2.75, 3.05) is 40.8 Å². The second-order valence-electron chi connectivity index (χ2n) is 5.43. The van der Waals surface area contributed by atoms with Crippen molar-refractivity contribution in [2.24, 2.45) is 7.05 Å². The molecule has 1 fully saturated rings. The van der Waals surface area contributed by atoms with Gasteiger partial charge >= 0.3 is 0 Å². The molecule has 0 amide bonds. The molecular weight excluding hydrogens is 262 g/mol. The number of hydrogen-bond donors (Lipinski definition) is 1. The van der Waals surface area contributed by atoms with Crippen molar-refractivity contribution in [3.8, 4) is 0 Å². The number of rotatable bonds is 3. The molecule has 2 unspecified atom stereocenters. The van der Waals surface area contributed by atoms with Crippen LogP contribution in [0.1, 0.15) is 18.2 Å². The van der Waals surface area contributed by atoms with E-state index in [0.717, 1.165) is 30.4 Å². The molecule has 0 radical (unpaired) electrons. The van der Waals surface area contributed by atoms with Crippen LogP contribution >= 0.6 is 11.6 Å². The fourth-order valence-corrected chi connectivity index (χ4v) is 3.23. The van der Waals surface area contributed by atoms with Crippen molar-refractivity contribution >= 4 is 11.6 Å². The molecule has 1 N–H and O–H groups in total. The lowest BCUT2D eigenvalue weighted by Crippen LogP contribution is -2.46.